The van der Waals surface area contributed by atoms with Crippen molar-refractivity contribution in [2.45, 2.75) is 68.8 Å². The normalized spacial score (nSPS) is 20.0. The van der Waals surface area contributed by atoms with Crippen LogP contribution in [0.1, 0.15) is 44.9 Å². The van der Waals surface area contributed by atoms with Crippen LogP contribution in [0.2, 0.25) is 5.02 Å². The highest BCUT2D eigenvalue weighted by Crippen LogP contribution is 2.25. The molecule has 6 nitrogen and oxygen atoms in total. The summed E-state index contributed by atoms with van der Waals surface area (Å²) in [6.45, 7) is 1.18. The van der Waals surface area contributed by atoms with Crippen molar-refractivity contribution in [2.75, 3.05) is 19.4 Å². The second-order valence-electron chi connectivity index (χ2n) is 8.19. The predicted molar refractivity (Wildman–Crippen MR) is 120 cm³/mol. The first-order valence-corrected chi connectivity index (χ1v) is 12.1. The Morgan fingerprint density at radius 3 is 2.80 bits per heavy atom. The van der Waals surface area contributed by atoms with Gasteiger partial charge in [-0.05, 0) is 43.9 Å². The van der Waals surface area contributed by atoms with Gasteiger partial charge in [-0.1, -0.05) is 42.6 Å². The van der Waals surface area contributed by atoms with Crippen molar-refractivity contribution in [2.24, 2.45) is 0 Å². The van der Waals surface area contributed by atoms with Gasteiger partial charge in [0.1, 0.15) is 0 Å². The Hall–Kier alpha value is -1.57. The zero-order chi connectivity index (χ0) is 21.1. The van der Waals surface area contributed by atoms with Gasteiger partial charge < -0.3 is 9.64 Å². The third-order valence-electron chi connectivity index (χ3n) is 6.13. The van der Waals surface area contributed by atoms with E-state index in [2.05, 4.69) is 0 Å². The highest BCUT2D eigenvalue weighted by molar-refractivity contribution is 7.99. The van der Waals surface area contributed by atoms with Crippen molar-refractivity contribution in [1.29, 1.82) is 0 Å². The van der Waals surface area contributed by atoms with Gasteiger partial charge in [0.05, 0.1) is 29.3 Å². The van der Waals surface area contributed by atoms with Crippen molar-refractivity contribution in [1.82, 2.24) is 14.5 Å². The molecular formula is C22H28ClN3O3S. The molecule has 0 radical (unpaired) electrons. The number of aromatic nitrogens is 2. The van der Waals surface area contributed by atoms with Crippen LogP contribution in [-0.2, 0) is 16.1 Å². The molecule has 0 N–H and O–H groups in total. The summed E-state index contributed by atoms with van der Waals surface area (Å²) in [6, 6.07) is 5.45. The Labute approximate surface area is 185 Å². The molecule has 2 heterocycles. The van der Waals surface area contributed by atoms with Gasteiger partial charge in [-0.3, -0.25) is 14.2 Å². The highest BCUT2D eigenvalue weighted by atomic mass is 35.5. The number of hydrogen-bond donors (Lipinski definition) is 0. The Morgan fingerprint density at radius 1 is 1.27 bits per heavy atom. The van der Waals surface area contributed by atoms with Gasteiger partial charge in [-0.25, -0.2) is 4.98 Å². The molecule has 1 saturated carbocycles. The van der Waals surface area contributed by atoms with E-state index in [9.17, 15) is 9.59 Å². The van der Waals surface area contributed by atoms with Crippen molar-refractivity contribution < 1.29 is 9.53 Å². The van der Waals surface area contributed by atoms with Crippen LogP contribution in [0.5, 0.6) is 0 Å². The first-order chi connectivity index (χ1) is 14.5. The molecular weight excluding hydrogens is 422 g/mol. The van der Waals surface area contributed by atoms with Crippen molar-refractivity contribution in [3.05, 3.63) is 33.6 Å². The van der Waals surface area contributed by atoms with E-state index in [0.29, 0.717) is 33.7 Å². The summed E-state index contributed by atoms with van der Waals surface area (Å²) < 4.78 is 7.42. The molecule has 2 aliphatic rings. The molecule has 0 spiro atoms. The maximum atomic E-state index is 13.2. The molecule has 1 aromatic heterocycles. The number of carbonyl (C=O) groups is 1. The number of benzene rings is 1. The minimum atomic E-state index is -0.109. The predicted octanol–water partition coefficient (Wildman–Crippen LogP) is 4.11. The van der Waals surface area contributed by atoms with E-state index in [1.165, 1.54) is 31.0 Å². The van der Waals surface area contributed by atoms with Gasteiger partial charge in [-0.15, -0.1) is 0 Å². The first-order valence-electron chi connectivity index (χ1n) is 10.7. The second kappa shape index (κ2) is 9.71. The average molecular weight is 450 g/mol. The van der Waals surface area contributed by atoms with E-state index in [1.807, 2.05) is 11.9 Å². The third-order valence-corrected chi connectivity index (χ3v) is 7.33. The lowest BCUT2D eigenvalue weighted by atomic mass is 9.94. The smallest absolute Gasteiger partial charge is 0.262 e. The lowest BCUT2D eigenvalue weighted by Crippen LogP contribution is -2.39. The van der Waals surface area contributed by atoms with Crippen molar-refractivity contribution in [3.8, 4) is 0 Å². The summed E-state index contributed by atoms with van der Waals surface area (Å²) >= 11 is 7.45. The van der Waals surface area contributed by atoms with Gasteiger partial charge in [0.15, 0.2) is 5.16 Å². The number of rotatable bonds is 6. The zero-order valence-corrected chi connectivity index (χ0v) is 18.9. The van der Waals surface area contributed by atoms with Crippen LogP contribution in [0, 0.1) is 0 Å². The van der Waals surface area contributed by atoms with Gasteiger partial charge in [0.2, 0.25) is 5.91 Å². The van der Waals surface area contributed by atoms with E-state index in [1.54, 1.807) is 22.8 Å². The molecule has 1 atom stereocenters. The van der Waals surface area contributed by atoms with Gasteiger partial charge in [0.25, 0.3) is 5.56 Å². The minimum Gasteiger partial charge on any atom is -0.376 e. The second-order valence-corrected chi connectivity index (χ2v) is 9.57. The largest absolute Gasteiger partial charge is 0.376 e. The Bertz CT molecular complexity index is 968. The number of fused-ring (bicyclic) bond motifs is 1. The third kappa shape index (κ3) is 4.84. The fourth-order valence-corrected chi connectivity index (χ4v) is 5.44. The molecule has 2 aromatic rings. The maximum Gasteiger partial charge on any atom is 0.262 e. The van der Waals surface area contributed by atoms with E-state index < -0.39 is 0 Å². The number of amides is 1. The number of ether oxygens (including phenoxy) is 1. The maximum absolute atomic E-state index is 13.2. The first kappa shape index (κ1) is 21.7. The highest BCUT2D eigenvalue weighted by Gasteiger charge is 2.24. The van der Waals surface area contributed by atoms with Crippen LogP contribution >= 0.6 is 23.4 Å². The van der Waals surface area contributed by atoms with Crippen LogP contribution in [0.15, 0.2) is 28.2 Å². The summed E-state index contributed by atoms with van der Waals surface area (Å²) in [4.78, 5) is 32.6. The standard InChI is InChI=1S/C22H28ClN3O3S/c1-25(16-6-3-2-4-7-16)20(27)14-30-22-24-19-12-15(23)9-10-18(19)21(28)26(22)13-17-8-5-11-29-17/h9-10,12,16-17H,2-8,11,13-14H2,1H3. The van der Waals surface area contributed by atoms with E-state index in [4.69, 9.17) is 21.3 Å². The summed E-state index contributed by atoms with van der Waals surface area (Å²) in [5.41, 5.74) is 0.453. The van der Waals surface area contributed by atoms with Crippen LogP contribution in [-0.4, -0.2) is 51.9 Å². The van der Waals surface area contributed by atoms with Crippen molar-refractivity contribution in [3.63, 3.8) is 0 Å². The molecule has 1 aliphatic carbocycles. The fraction of sp³-hybridized carbons (Fsp3) is 0.591. The summed E-state index contributed by atoms with van der Waals surface area (Å²) in [5.74, 6) is 0.341. The monoisotopic (exact) mass is 449 g/mol. The summed E-state index contributed by atoms with van der Waals surface area (Å²) in [7, 11) is 1.89. The number of halogens is 1. The molecule has 1 amide bonds. The quantitative estimate of drug-likeness (QED) is 0.490. The Kier molecular flexibility index (Phi) is 7.01. The molecule has 1 aromatic carbocycles. The van der Waals surface area contributed by atoms with Crippen LogP contribution in [0.3, 0.4) is 0 Å². The van der Waals surface area contributed by atoms with Crippen LogP contribution < -0.4 is 5.56 Å². The molecule has 4 rings (SSSR count). The van der Waals surface area contributed by atoms with Gasteiger partial charge in [-0.2, -0.15) is 0 Å². The number of hydrogen-bond acceptors (Lipinski definition) is 5. The number of nitrogens with zero attached hydrogens (tertiary/aromatic N) is 3. The SMILES string of the molecule is CN(C(=O)CSc1nc2cc(Cl)ccc2c(=O)n1CC1CCCO1)C1CCCCC1. The number of thioether (sulfide) groups is 1. The molecule has 2 fully saturated rings. The molecule has 1 unspecified atom stereocenters. The molecule has 1 aliphatic heterocycles. The lowest BCUT2D eigenvalue weighted by Gasteiger charge is -2.31. The number of carbonyl (C=O) groups excluding carboxylic acids is 1. The molecule has 0 bridgehead atoms. The van der Waals surface area contributed by atoms with Crippen molar-refractivity contribution >= 4 is 40.2 Å². The van der Waals surface area contributed by atoms with Gasteiger partial charge >= 0.3 is 0 Å². The molecule has 162 valence electrons. The topological polar surface area (TPSA) is 64.4 Å². The van der Waals surface area contributed by atoms with Crippen LogP contribution in [0.25, 0.3) is 10.9 Å². The van der Waals surface area contributed by atoms with E-state index >= 15 is 0 Å². The zero-order valence-electron chi connectivity index (χ0n) is 17.3. The Morgan fingerprint density at radius 2 is 2.07 bits per heavy atom. The molecule has 8 heteroatoms. The average Bonchev–Trinajstić information content (AvgIpc) is 3.27. The fourth-order valence-electron chi connectivity index (χ4n) is 4.34. The molecule has 1 saturated heterocycles. The lowest BCUT2D eigenvalue weighted by molar-refractivity contribution is -0.129. The molecule has 30 heavy (non-hydrogen) atoms. The minimum absolute atomic E-state index is 0.00853. The summed E-state index contributed by atoms with van der Waals surface area (Å²) in [5, 5.41) is 1.62. The van der Waals surface area contributed by atoms with Crippen LogP contribution in [0.4, 0.5) is 0 Å². The Balaban J connectivity index is 1.57. The summed E-state index contributed by atoms with van der Waals surface area (Å²) in [6.07, 6.45) is 7.71. The van der Waals surface area contributed by atoms with E-state index in [-0.39, 0.29) is 23.3 Å². The van der Waals surface area contributed by atoms with E-state index in [0.717, 1.165) is 32.3 Å². The van der Waals surface area contributed by atoms with Gasteiger partial charge in [0, 0.05) is 24.7 Å².